The van der Waals surface area contributed by atoms with Crippen molar-refractivity contribution in [2.75, 3.05) is 7.05 Å². The second-order valence-corrected chi connectivity index (χ2v) is 5.42. The van der Waals surface area contributed by atoms with E-state index >= 15 is 0 Å². The van der Waals surface area contributed by atoms with Crippen molar-refractivity contribution >= 4 is 23.1 Å². The smallest absolute Gasteiger partial charge is 0.0240 e. The van der Waals surface area contributed by atoms with E-state index in [0.29, 0.717) is 0 Å². The maximum absolute atomic E-state index is 3.15. The third-order valence-corrected chi connectivity index (χ3v) is 4.11. The molecule has 0 fully saturated rings. The fraction of sp³-hybridized carbons (Fsp3) is 0.231. The van der Waals surface area contributed by atoms with Crippen LogP contribution in [-0.2, 0) is 12.3 Å². The number of rotatable bonds is 5. The van der Waals surface area contributed by atoms with E-state index < -0.39 is 0 Å². The molecule has 0 unspecified atom stereocenters. The standard InChI is InChI=1S/C13H15NS2/c1-14-8-11-2-4-13(5-3-11)16-10-12-6-7-15-9-12/h2-7,9,14H,8,10H2,1H3. The first-order chi connectivity index (χ1) is 7.88. The molecule has 2 rings (SSSR count). The summed E-state index contributed by atoms with van der Waals surface area (Å²) in [6, 6.07) is 11.0. The molecule has 0 amide bonds. The highest BCUT2D eigenvalue weighted by molar-refractivity contribution is 7.98. The Bertz CT molecular complexity index is 406. The molecule has 0 saturated heterocycles. The summed E-state index contributed by atoms with van der Waals surface area (Å²) in [7, 11) is 1.97. The van der Waals surface area contributed by atoms with Crippen molar-refractivity contribution in [2.45, 2.75) is 17.2 Å². The molecule has 0 radical (unpaired) electrons. The Morgan fingerprint density at radius 1 is 1.12 bits per heavy atom. The van der Waals surface area contributed by atoms with Gasteiger partial charge in [-0.25, -0.2) is 0 Å². The van der Waals surface area contributed by atoms with Crippen molar-refractivity contribution < 1.29 is 0 Å². The molecule has 1 N–H and O–H groups in total. The lowest BCUT2D eigenvalue weighted by molar-refractivity contribution is 0.817. The van der Waals surface area contributed by atoms with Gasteiger partial charge in [0.05, 0.1) is 0 Å². The summed E-state index contributed by atoms with van der Waals surface area (Å²) in [6.45, 7) is 0.940. The van der Waals surface area contributed by atoms with Crippen LogP contribution < -0.4 is 5.32 Å². The highest BCUT2D eigenvalue weighted by atomic mass is 32.2. The van der Waals surface area contributed by atoms with Crippen LogP contribution in [0.3, 0.4) is 0 Å². The maximum atomic E-state index is 3.15. The van der Waals surface area contributed by atoms with E-state index in [1.54, 1.807) is 11.3 Å². The zero-order valence-corrected chi connectivity index (χ0v) is 10.9. The molecule has 0 aliphatic heterocycles. The van der Waals surface area contributed by atoms with E-state index in [2.05, 4.69) is 46.4 Å². The molecule has 1 aromatic carbocycles. The molecule has 0 bridgehead atoms. The quantitative estimate of drug-likeness (QED) is 0.810. The lowest BCUT2D eigenvalue weighted by Gasteiger charge is -2.03. The van der Waals surface area contributed by atoms with Gasteiger partial charge in [0.15, 0.2) is 0 Å². The van der Waals surface area contributed by atoms with Gasteiger partial charge in [0.25, 0.3) is 0 Å². The highest BCUT2D eigenvalue weighted by Gasteiger charge is 1.97. The van der Waals surface area contributed by atoms with Crippen LogP contribution in [0.4, 0.5) is 0 Å². The van der Waals surface area contributed by atoms with E-state index in [0.717, 1.165) is 12.3 Å². The van der Waals surface area contributed by atoms with Crippen LogP contribution in [0.15, 0.2) is 46.0 Å². The average Bonchev–Trinajstić information content (AvgIpc) is 2.82. The Balaban J connectivity index is 1.90. The first-order valence-electron chi connectivity index (χ1n) is 5.26. The Kier molecular flexibility index (Phi) is 4.45. The highest BCUT2D eigenvalue weighted by Crippen LogP contribution is 2.23. The van der Waals surface area contributed by atoms with Gasteiger partial charge in [0.2, 0.25) is 0 Å². The molecule has 0 aliphatic carbocycles. The molecule has 0 saturated carbocycles. The molecular weight excluding hydrogens is 234 g/mol. The minimum atomic E-state index is 0.940. The predicted molar refractivity (Wildman–Crippen MR) is 73.1 cm³/mol. The molecule has 1 aromatic heterocycles. The lowest BCUT2D eigenvalue weighted by atomic mass is 10.2. The summed E-state index contributed by atoms with van der Waals surface area (Å²) >= 11 is 3.65. The van der Waals surface area contributed by atoms with Crippen LogP contribution in [0.2, 0.25) is 0 Å². The lowest BCUT2D eigenvalue weighted by Crippen LogP contribution is -2.04. The summed E-state index contributed by atoms with van der Waals surface area (Å²) < 4.78 is 0. The second-order valence-electron chi connectivity index (χ2n) is 3.59. The van der Waals surface area contributed by atoms with E-state index in [4.69, 9.17) is 0 Å². The van der Waals surface area contributed by atoms with Gasteiger partial charge >= 0.3 is 0 Å². The van der Waals surface area contributed by atoms with Gasteiger partial charge in [-0.3, -0.25) is 0 Å². The van der Waals surface area contributed by atoms with Crippen molar-refractivity contribution in [2.24, 2.45) is 0 Å². The van der Waals surface area contributed by atoms with Gasteiger partial charge in [-0.1, -0.05) is 12.1 Å². The molecular formula is C13H15NS2. The fourth-order valence-electron chi connectivity index (χ4n) is 1.45. The van der Waals surface area contributed by atoms with Gasteiger partial charge in [-0.15, -0.1) is 11.8 Å². The summed E-state index contributed by atoms with van der Waals surface area (Å²) in [5.74, 6) is 1.06. The minimum absolute atomic E-state index is 0.940. The van der Waals surface area contributed by atoms with Crippen molar-refractivity contribution in [1.29, 1.82) is 0 Å². The van der Waals surface area contributed by atoms with Crippen molar-refractivity contribution in [3.05, 3.63) is 52.2 Å². The molecule has 1 heterocycles. The summed E-state index contributed by atoms with van der Waals surface area (Å²) in [5, 5.41) is 7.49. The van der Waals surface area contributed by atoms with Gasteiger partial charge in [-0.05, 0) is 47.1 Å². The molecule has 16 heavy (non-hydrogen) atoms. The Labute approximate surface area is 105 Å². The van der Waals surface area contributed by atoms with E-state index in [1.807, 2.05) is 18.8 Å². The van der Waals surface area contributed by atoms with Crippen molar-refractivity contribution in [1.82, 2.24) is 5.32 Å². The number of benzene rings is 1. The number of hydrogen-bond donors (Lipinski definition) is 1. The summed E-state index contributed by atoms with van der Waals surface area (Å²) in [5.41, 5.74) is 2.75. The van der Waals surface area contributed by atoms with Crippen LogP contribution in [0.1, 0.15) is 11.1 Å². The first kappa shape index (κ1) is 11.7. The Hall–Kier alpha value is -0.770. The average molecular weight is 249 g/mol. The van der Waals surface area contributed by atoms with Crippen LogP contribution in [0, 0.1) is 0 Å². The Morgan fingerprint density at radius 2 is 1.94 bits per heavy atom. The molecule has 0 aliphatic rings. The zero-order valence-electron chi connectivity index (χ0n) is 9.27. The molecule has 3 heteroatoms. The zero-order chi connectivity index (χ0) is 11.2. The molecule has 2 aromatic rings. The number of thiophene rings is 1. The van der Waals surface area contributed by atoms with Crippen LogP contribution in [0.5, 0.6) is 0 Å². The maximum Gasteiger partial charge on any atom is 0.0240 e. The largest absolute Gasteiger partial charge is 0.316 e. The molecule has 0 spiro atoms. The second kappa shape index (κ2) is 6.09. The Morgan fingerprint density at radius 3 is 2.56 bits per heavy atom. The van der Waals surface area contributed by atoms with Gasteiger partial charge in [0.1, 0.15) is 0 Å². The number of thioether (sulfide) groups is 1. The van der Waals surface area contributed by atoms with Crippen LogP contribution in [0.25, 0.3) is 0 Å². The molecule has 0 atom stereocenters. The van der Waals surface area contributed by atoms with Gasteiger partial charge < -0.3 is 5.32 Å². The third-order valence-electron chi connectivity index (χ3n) is 2.29. The predicted octanol–water partition coefficient (Wildman–Crippen LogP) is 3.76. The summed E-state index contributed by atoms with van der Waals surface area (Å²) in [4.78, 5) is 1.34. The van der Waals surface area contributed by atoms with E-state index in [9.17, 15) is 0 Å². The van der Waals surface area contributed by atoms with Gasteiger partial charge in [-0.2, -0.15) is 11.3 Å². The topological polar surface area (TPSA) is 12.0 Å². The number of nitrogens with one attached hydrogen (secondary N) is 1. The van der Waals surface area contributed by atoms with Crippen LogP contribution >= 0.6 is 23.1 Å². The summed E-state index contributed by atoms with van der Waals surface area (Å²) in [6.07, 6.45) is 0. The van der Waals surface area contributed by atoms with E-state index in [1.165, 1.54) is 16.0 Å². The number of hydrogen-bond acceptors (Lipinski definition) is 3. The van der Waals surface area contributed by atoms with E-state index in [-0.39, 0.29) is 0 Å². The fourth-order valence-corrected chi connectivity index (χ4v) is 3.06. The first-order valence-corrected chi connectivity index (χ1v) is 7.19. The van der Waals surface area contributed by atoms with Gasteiger partial charge in [0, 0.05) is 17.2 Å². The monoisotopic (exact) mass is 249 g/mol. The normalized spacial score (nSPS) is 10.6. The van der Waals surface area contributed by atoms with Crippen molar-refractivity contribution in [3.63, 3.8) is 0 Å². The SMILES string of the molecule is CNCc1ccc(SCc2ccsc2)cc1. The molecule has 1 nitrogen and oxygen atoms in total. The third kappa shape index (κ3) is 3.37. The van der Waals surface area contributed by atoms with Crippen molar-refractivity contribution in [3.8, 4) is 0 Å². The minimum Gasteiger partial charge on any atom is -0.316 e. The molecule has 84 valence electrons. The van der Waals surface area contributed by atoms with Crippen LogP contribution in [-0.4, -0.2) is 7.05 Å².